The van der Waals surface area contributed by atoms with E-state index in [9.17, 15) is 4.39 Å². The minimum absolute atomic E-state index is 0.169. The molecule has 0 spiro atoms. The van der Waals surface area contributed by atoms with Crippen molar-refractivity contribution in [1.82, 2.24) is 4.90 Å². The molecule has 96 valence electrons. The van der Waals surface area contributed by atoms with Crippen molar-refractivity contribution in [2.24, 2.45) is 5.73 Å². The molecule has 0 saturated heterocycles. The quantitative estimate of drug-likeness (QED) is 0.899. The van der Waals surface area contributed by atoms with Gasteiger partial charge >= 0.3 is 0 Å². The molecule has 0 atom stereocenters. The first-order valence-corrected chi connectivity index (χ1v) is 6.81. The normalized spacial score (nSPS) is 11.1. The van der Waals surface area contributed by atoms with Crippen molar-refractivity contribution in [3.05, 3.63) is 57.5 Å². The van der Waals surface area contributed by atoms with Crippen molar-refractivity contribution in [1.29, 1.82) is 0 Å². The van der Waals surface area contributed by atoms with Crippen molar-refractivity contribution in [3.63, 3.8) is 0 Å². The monoisotopic (exact) mass is 264 g/mol. The summed E-state index contributed by atoms with van der Waals surface area (Å²) in [5, 5.41) is 4.17. The summed E-state index contributed by atoms with van der Waals surface area (Å²) >= 11 is 1.68. The summed E-state index contributed by atoms with van der Waals surface area (Å²) < 4.78 is 14.0. The first kappa shape index (κ1) is 13.2. The van der Waals surface area contributed by atoms with Crippen molar-refractivity contribution in [2.45, 2.75) is 19.6 Å². The van der Waals surface area contributed by atoms with Gasteiger partial charge in [-0.25, -0.2) is 4.39 Å². The molecule has 0 unspecified atom stereocenters. The van der Waals surface area contributed by atoms with Gasteiger partial charge in [0.2, 0.25) is 0 Å². The summed E-state index contributed by atoms with van der Waals surface area (Å²) in [7, 11) is 1.99. The van der Waals surface area contributed by atoms with Gasteiger partial charge in [-0.1, -0.05) is 18.2 Å². The van der Waals surface area contributed by atoms with E-state index >= 15 is 0 Å². The molecule has 0 aliphatic rings. The van der Waals surface area contributed by atoms with Gasteiger partial charge in [0.25, 0.3) is 0 Å². The molecule has 0 aliphatic carbocycles. The second-order valence-corrected chi connectivity index (χ2v) is 5.18. The van der Waals surface area contributed by atoms with Crippen LogP contribution in [0.15, 0.2) is 35.0 Å². The lowest BCUT2D eigenvalue weighted by Gasteiger charge is -2.17. The molecular weight excluding hydrogens is 247 g/mol. The molecule has 2 nitrogen and oxygen atoms in total. The van der Waals surface area contributed by atoms with Crippen LogP contribution in [0.3, 0.4) is 0 Å². The SMILES string of the molecule is CN(Cc1ccsc1)Cc1cccc(CN)c1F. The molecule has 1 aromatic heterocycles. The van der Waals surface area contributed by atoms with Crippen LogP contribution in [0.4, 0.5) is 4.39 Å². The second kappa shape index (κ2) is 6.09. The lowest BCUT2D eigenvalue weighted by Crippen LogP contribution is -2.18. The lowest BCUT2D eigenvalue weighted by atomic mass is 10.1. The van der Waals surface area contributed by atoms with Crippen LogP contribution in [0.25, 0.3) is 0 Å². The molecule has 0 bridgehead atoms. The molecule has 0 saturated carbocycles. The molecule has 0 amide bonds. The number of halogens is 1. The van der Waals surface area contributed by atoms with Gasteiger partial charge in [-0.15, -0.1) is 0 Å². The Morgan fingerprint density at radius 3 is 2.67 bits per heavy atom. The van der Waals surface area contributed by atoms with Crippen molar-refractivity contribution >= 4 is 11.3 Å². The molecule has 1 heterocycles. The minimum Gasteiger partial charge on any atom is -0.326 e. The number of benzene rings is 1. The van der Waals surface area contributed by atoms with Crippen molar-refractivity contribution < 1.29 is 4.39 Å². The van der Waals surface area contributed by atoms with E-state index in [-0.39, 0.29) is 12.4 Å². The maximum Gasteiger partial charge on any atom is 0.132 e. The predicted octanol–water partition coefficient (Wildman–Crippen LogP) is 2.98. The smallest absolute Gasteiger partial charge is 0.132 e. The molecule has 0 fully saturated rings. The van der Waals surface area contributed by atoms with E-state index in [1.807, 2.05) is 19.2 Å². The highest BCUT2D eigenvalue weighted by atomic mass is 32.1. The zero-order valence-corrected chi connectivity index (χ0v) is 11.2. The fourth-order valence-electron chi connectivity index (χ4n) is 1.95. The van der Waals surface area contributed by atoms with E-state index in [1.165, 1.54) is 5.56 Å². The van der Waals surface area contributed by atoms with Crippen LogP contribution in [0.2, 0.25) is 0 Å². The van der Waals surface area contributed by atoms with Crippen LogP contribution >= 0.6 is 11.3 Å². The summed E-state index contributed by atoms with van der Waals surface area (Å²) in [5.41, 5.74) is 8.05. The zero-order valence-electron chi connectivity index (χ0n) is 10.4. The Balaban J connectivity index is 2.05. The van der Waals surface area contributed by atoms with Gasteiger partial charge < -0.3 is 5.73 Å². The minimum atomic E-state index is -0.169. The third-order valence-electron chi connectivity index (χ3n) is 2.85. The highest BCUT2D eigenvalue weighted by Gasteiger charge is 2.09. The van der Waals surface area contributed by atoms with Gasteiger partial charge in [-0.05, 0) is 29.4 Å². The maximum atomic E-state index is 14.0. The molecule has 4 heteroatoms. The first-order valence-electron chi connectivity index (χ1n) is 5.86. The summed E-state index contributed by atoms with van der Waals surface area (Å²) in [6.45, 7) is 1.67. The number of nitrogens with zero attached hydrogens (tertiary/aromatic N) is 1. The van der Waals surface area contributed by atoms with Gasteiger partial charge in [0.1, 0.15) is 5.82 Å². The number of rotatable bonds is 5. The molecule has 1 aromatic carbocycles. The van der Waals surface area contributed by atoms with Gasteiger partial charge in [0, 0.05) is 30.8 Å². The van der Waals surface area contributed by atoms with Gasteiger partial charge in [-0.2, -0.15) is 11.3 Å². The molecule has 2 N–H and O–H groups in total. The summed E-state index contributed by atoms with van der Waals surface area (Å²) in [6, 6.07) is 7.50. The van der Waals surface area contributed by atoms with Gasteiger partial charge in [0.15, 0.2) is 0 Å². The number of hydrogen-bond acceptors (Lipinski definition) is 3. The average molecular weight is 264 g/mol. The highest BCUT2D eigenvalue weighted by Crippen LogP contribution is 2.16. The Morgan fingerprint density at radius 1 is 1.22 bits per heavy atom. The second-order valence-electron chi connectivity index (χ2n) is 4.40. The highest BCUT2D eigenvalue weighted by molar-refractivity contribution is 7.07. The predicted molar refractivity (Wildman–Crippen MR) is 73.8 cm³/mol. The van der Waals surface area contributed by atoms with E-state index < -0.39 is 0 Å². The van der Waals surface area contributed by atoms with Crippen molar-refractivity contribution in [2.75, 3.05) is 7.05 Å². The zero-order chi connectivity index (χ0) is 13.0. The van der Waals surface area contributed by atoms with E-state index in [4.69, 9.17) is 5.73 Å². The first-order chi connectivity index (χ1) is 8.70. The van der Waals surface area contributed by atoms with E-state index in [0.29, 0.717) is 17.7 Å². The van der Waals surface area contributed by atoms with Crippen molar-refractivity contribution in [3.8, 4) is 0 Å². The fourth-order valence-corrected chi connectivity index (χ4v) is 2.61. The van der Waals surface area contributed by atoms with Gasteiger partial charge in [-0.3, -0.25) is 4.90 Å². The molecule has 0 radical (unpaired) electrons. The van der Waals surface area contributed by atoms with Crippen LogP contribution in [0.5, 0.6) is 0 Å². The lowest BCUT2D eigenvalue weighted by molar-refractivity contribution is 0.313. The van der Waals surface area contributed by atoms with Gasteiger partial charge in [0.05, 0.1) is 0 Å². The summed E-state index contributed by atoms with van der Waals surface area (Å²) in [5.74, 6) is -0.169. The Hall–Kier alpha value is -1.23. The third-order valence-corrected chi connectivity index (χ3v) is 3.58. The number of hydrogen-bond donors (Lipinski definition) is 1. The topological polar surface area (TPSA) is 29.3 Å². The number of nitrogens with two attached hydrogens (primary N) is 1. The third kappa shape index (κ3) is 3.16. The Morgan fingerprint density at radius 2 is 2.00 bits per heavy atom. The molecular formula is C14H17FN2S. The van der Waals surface area contributed by atoms with E-state index in [0.717, 1.165) is 6.54 Å². The fraction of sp³-hybridized carbons (Fsp3) is 0.286. The Labute approximate surface area is 111 Å². The van der Waals surface area contributed by atoms with Crippen LogP contribution in [-0.2, 0) is 19.6 Å². The van der Waals surface area contributed by atoms with Crippen LogP contribution in [0.1, 0.15) is 16.7 Å². The molecule has 2 rings (SSSR count). The molecule has 0 aliphatic heterocycles. The maximum absolute atomic E-state index is 14.0. The van der Waals surface area contributed by atoms with Crippen LogP contribution in [-0.4, -0.2) is 11.9 Å². The Bertz CT molecular complexity index is 497. The molecule has 18 heavy (non-hydrogen) atoms. The average Bonchev–Trinajstić information content (AvgIpc) is 2.84. The van der Waals surface area contributed by atoms with E-state index in [2.05, 4.69) is 21.7 Å². The number of thiophene rings is 1. The summed E-state index contributed by atoms with van der Waals surface area (Å²) in [4.78, 5) is 2.10. The Kier molecular flexibility index (Phi) is 4.47. The molecule has 2 aromatic rings. The van der Waals surface area contributed by atoms with Crippen LogP contribution in [0, 0.1) is 5.82 Å². The van der Waals surface area contributed by atoms with Crippen LogP contribution < -0.4 is 5.73 Å². The summed E-state index contributed by atoms with van der Waals surface area (Å²) in [6.07, 6.45) is 0. The standard InChI is InChI=1S/C14H17FN2S/c1-17(8-11-5-6-18-10-11)9-13-4-2-3-12(7-16)14(13)15/h2-6,10H,7-9,16H2,1H3. The largest absolute Gasteiger partial charge is 0.326 e. The van der Waals surface area contributed by atoms with E-state index in [1.54, 1.807) is 17.4 Å².